The van der Waals surface area contributed by atoms with E-state index in [1.54, 1.807) is 37.5 Å². The highest BCUT2D eigenvalue weighted by Crippen LogP contribution is 2.34. The molecule has 4 rings (SSSR count). The lowest BCUT2D eigenvalue weighted by Gasteiger charge is -2.12. The third kappa shape index (κ3) is 4.95. The number of halogens is 1. The molecule has 1 aliphatic heterocycles. The zero-order valence-electron chi connectivity index (χ0n) is 18.8. The van der Waals surface area contributed by atoms with E-state index >= 15 is 0 Å². The Hall–Kier alpha value is -3.30. The number of hydrogen-bond donors (Lipinski definition) is 1. The minimum atomic E-state index is -0.478. The third-order valence-electron chi connectivity index (χ3n) is 5.39. The topological polar surface area (TPSA) is 80.6 Å². The molecule has 7 nitrogen and oxygen atoms in total. The summed E-state index contributed by atoms with van der Waals surface area (Å²) >= 11 is 4.29. The Morgan fingerprint density at radius 1 is 1.09 bits per heavy atom. The largest absolute Gasteiger partial charge is 0.497 e. The van der Waals surface area contributed by atoms with Crippen LogP contribution in [0.2, 0.25) is 0 Å². The van der Waals surface area contributed by atoms with Gasteiger partial charge < -0.3 is 14.6 Å². The number of amides is 3. The van der Waals surface area contributed by atoms with Gasteiger partial charge >= 0.3 is 0 Å². The molecule has 0 aliphatic carbocycles. The monoisotopic (exact) mass is 539 g/mol. The number of anilines is 1. The van der Waals surface area contributed by atoms with Crippen LogP contribution in [0.1, 0.15) is 17.0 Å². The standard InChI is InChI=1S/C25H22BrN3O4S/c1-15-12-17(16(2)29(15)20-8-4-18(26)5-9-20)13-22-24(31)28(25(32)34-22)14-23(30)27-19-6-10-21(33-3)11-7-19/h4-13H,14H2,1-3H3,(H,27,30)/b22-13-. The van der Waals surface area contributed by atoms with Gasteiger partial charge in [0.25, 0.3) is 11.1 Å². The van der Waals surface area contributed by atoms with Crippen LogP contribution >= 0.6 is 27.7 Å². The average Bonchev–Trinajstić information content (AvgIpc) is 3.24. The molecule has 9 heteroatoms. The number of nitrogens with zero attached hydrogens (tertiary/aromatic N) is 2. The van der Waals surface area contributed by atoms with Crippen LogP contribution in [-0.4, -0.2) is 40.2 Å². The first-order chi connectivity index (χ1) is 16.3. The predicted octanol–water partition coefficient (Wildman–Crippen LogP) is 5.54. The zero-order chi connectivity index (χ0) is 24.4. The van der Waals surface area contributed by atoms with Crippen molar-refractivity contribution in [1.29, 1.82) is 0 Å². The van der Waals surface area contributed by atoms with Gasteiger partial charge in [0.2, 0.25) is 5.91 Å². The van der Waals surface area contributed by atoms with Gasteiger partial charge in [0.1, 0.15) is 12.3 Å². The SMILES string of the molecule is COc1ccc(NC(=O)CN2C(=O)S/C(=C\c3cc(C)n(-c4ccc(Br)cc4)c3C)C2=O)cc1. The number of thioether (sulfide) groups is 1. The molecule has 1 saturated heterocycles. The molecule has 34 heavy (non-hydrogen) atoms. The summed E-state index contributed by atoms with van der Waals surface area (Å²) in [6.45, 7) is 3.60. The quantitative estimate of drug-likeness (QED) is 0.416. The molecule has 0 bridgehead atoms. The van der Waals surface area contributed by atoms with Gasteiger partial charge in [-0.05, 0) is 91.8 Å². The molecular weight excluding hydrogens is 518 g/mol. The van der Waals surface area contributed by atoms with Crippen molar-refractivity contribution in [3.05, 3.63) is 80.9 Å². The Balaban J connectivity index is 1.50. The number of nitrogens with one attached hydrogen (secondary N) is 1. The van der Waals surface area contributed by atoms with Gasteiger partial charge in [0, 0.05) is 27.2 Å². The summed E-state index contributed by atoms with van der Waals surface area (Å²) in [4.78, 5) is 39.1. The summed E-state index contributed by atoms with van der Waals surface area (Å²) in [5.74, 6) is -0.274. The second-order valence-corrected chi connectivity index (χ2v) is 9.59. The van der Waals surface area contributed by atoms with E-state index < -0.39 is 17.1 Å². The summed E-state index contributed by atoms with van der Waals surface area (Å²) in [5, 5.41) is 2.22. The van der Waals surface area contributed by atoms with Gasteiger partial charge in [-0.2, -0.15) is 0 Å². The average molecular weight is 540 g/mol. The number of hydrogen-bond acceptors (Lipinski definition) is 5. The van der Waals surface area contributed by atoms with Crippen LogP contribution in [0.25, 0.3) is 11.8 Å². The molecule has 0 spiro atoms. The number of ether oxygens (including phenoxy) is 1. The summed E-state index contributed by atoms with van der Waals surface area (Å²) in [7, 11) is 1.56. The van der Waals surface area contributed by atoms with E-state index in [1.165, 1.54) is 0 Å². The molecule has 2 heterocycles. The Morgan fingerprint density at radius 3 is 2.41 bits per heavy atom. The molecule has 0 radical (unpaired) electrons. The van der Waals surface area contributed by atoms with Crippen LogP contribution < -0.4 is 10.1 Å². The minimum Gasteiger partial charge on any atom is -0.497 e. The first kappa shape index (κ1) is 23.8. The molecule has 174 valence electrons. The number of benzene rings is 2. The first-order valence-electron chi connectivity index (χ1n) is 10.4. The Labute approximate surface area is 209 Å². The summed E-state index contributed by atoms with van der Waals surface area (Å²) < 4.78 is 8.17. The van der Waals surface area contributed by atoms with Gasteiger partial charge in [-0.1, -0.05) is 15.9 Å². The Bertz CT molecular complexity index is 1300. The van der Waals surface area contributed by atoms with Crippen molar-refractivity contribution in [2.24, 2.45) is 0 Å². The van der Waals surface area contributed by atoms with Crippen LogP contribution in [0.3, 0.4) is 0 Å². The minimum absolute atomic E-state index is 0.290. The van der Waals surface area contributed by atoms with E-state index in [2.05, 4.69) is 25.8 Å². The third-order valence-corrected chi connectivity index (χ3v) is 6.83. The number of methoxy groups -OCH3 is 1. The summed E-state index contributed by atoms with van der Waals surface area (Å²) in [6.07, 6.45) is 1.71. The summed E-state index contributed by atoms with van der Waals surface area (Å²) in [5.41, 5.74) is 4.34. The molecule has 3 aromatic rings. The van der Waals surface area contributed by atoms with Gasteiger partial charge in [-0.15, -0.1) is 0 Å². The number of aromatic nitrogens is 1. The predicted molar refractivity (Wildman–Crippen MR) is 137 cm³/mol. The highest BCUT2D eigenvalue weighted by Gasteiger charge is 2.36. The van der Waals surface area contributed by atoms with Crippen LogP contribution in [0.15, 0.2) is 64.0 Å². The normalized spacial score (nSPS) is 14.7. The van der Waals surface area contributed by atoms with Crippen molar-refractivity contribution in [1.82, 2.24) is 9.47 Å². The van der Waals surface area contributed by atoms with Crippen molar-refractivity contribution in [3.63, 3.8) is 0 Å². The van der Waals surface area contributed by atoms with Gasteiger partial charge in [0.05, 0.1) is 12.0 Å². The molecule has 1 aromatic heterocycles. The fourth-order valence-corrected chi connectivity index (χ4v) is 4.81. The van der Waals surface area contributed by atoms with Crippen molar-refractivity contribution in [3.8, 4) is 11.4 Å². The molecule has 0 unspecified atom stereocenters. The number of carbonyl (C=O) groups excluding carboxylic acids is 3. The smallest absolute Gasteiger partial charge is 0.294 e. The van der Waals surface area contributed by atoms with Gasteiger partial charge in [-0.25, -0.2) is 0 Å². The fraction of sp³-hybridized carbons (Fsp3) is 0.160. The molecule has 2 aromatic carbocycles. The molecule has 0 saturated carbocycles. The molecular formula is C25H22BrN3O4S. The fourth-order valence-electron chi connectivity index (χ4n) is 3.72. The molecule has 1 fully saturated rings. The van der Waals surface area contributed by atoms with E-state index in [0.29, 0.717) is 16.3 Å². The van der Waals surface area contributed by atoms with E-state index in [0.717, 1.165) is 43.8 Å². The van der Waals surface area contributed by atoms with E-state index in [4.69, 9.17) is 4.74 Å². The number of carbonyl (C=O) groups is 3. The van der Waals surface area contributed by atoms with Gasteiger partial charge in [0.15, 0.2) is 0 Å². The van der Waals surface area contributed by atoms with Crippen LogP contribution in [0.4, 0.5) is 10.5 Å². The lowest BCUT2D eigenvalue weighted by molar-refractivity contribution is -0.127. The van der Waals surface area contributed by atoms with Gasteiger partial charge in [-0.3, -0.25) is 19.3 Å². The Kier molecular flexibility index (Phi) is 6.95. The van der Waals surface area contributed by atoms with Crippen molar-refractivity contribution in [2.45, 2.75) is 13.8 Å². The van der Waals surface area contributed by atoms with Crippen LogP contribution in [-0.2, 0) is 9.59 Å². The second-order valence-electron chi connectivity index (χ2n) is 7.68. The zero-order valence-corrected chi connectivity index (χ0v) is 21.2. The number of aryl methyl sites for hydroxylation is 1. The first-order valence-corrected chi connectivity index (χ1v) is 12.0. The maximum atomic E-state index is 12.9. The van der Waals surface area contributed by atoms with E-state index in [9.17, 15) is 14.4 Å². The summed E-state index contributed by atoms with van der Waals surface area (Å²) in [6, 6.07) is 16.7. The molecule has 1 N–H and O–H groups in total. The maximum Gasteiger partial charge on any atom is 0.294 e. The van der Waals surface area contributed by atoms with Crippen molar-refractivity contribution in [2.75, 3.05) is 19.0 Å². The lowest BCUT2D eigenvalue weighted by Crippen LogP contribution is -2.36. The number of rotatable bonds is 6. The maximum absolute atomic E-state index is 12.9. The highest BCUT2D eigenvalue weighted by atomic mass is 79.9. The highest BCUT2D eigenvalue weighted by molar-refractivity contribution is 9.10. The van der Waals surface area contributed by atoms with Crippen LogP contribution in [0.5, 0.6) is 5.75 Å². The molecule has 3 amide bonds. The molecule has 0 atom stereocenters. The van der Waals surface area contributed by atoms with E-state index in [-0.39, 0.29) is 6.54 Å². The van der Waals surface area contributed by atoms with Crippen molar-refractivity contribution < 1.29 is 19.1 Å². The van der Waals surface area contributed by atoms with Crippen molar-refractivity contribution >= 4 is 56.5 Å². The Morgan fingerprint density at radius 2 is 1.76 bits per heavy atom. The molecule has 1 aliphatic rings. The number of imide groups is 1. The van der Waals surface area contributed by atoms with Crippen LogP contribution in [0, 0.1) is 13.8 Å². The van der Waals surface area contributed by atoms with E-state index in [1.807, 2.05) is 44.2 Å². The lowest BCUT2D eigenvalue weighted by atomic mass is 10.2. The second kappa shape index (κ2) is 9.90.